The molecule has 0 aliphatic carbocycles. The van der Waals surface area contributed by atoms with Crippen molar-refractivity contribution in [2.24, 2.45) is 0 Å². The van der Waals surface area contributed by atoms with Gasteiger partial charge in [-0.1, -0.05) is 12.5 Å². The lowest BCUT2D eigenvalue weighted by atomic mass is 9.73. The third-order valence-electron chi connectivity index (χ3n) is 4.56. The van der Waals surface area contributed by atoms with Crippen LogP contribution in [0.25, 0.3) is 0 Å². The Morgan fingerprint density at radius 3 is 2.70 bits per heavy atom. The van der Waals surface area contributed by atoms with Crippen LogP contribution in [0.4, 0.5) is 4.39 Å². The number of rotatable bonds is 2. The molecule has 1 aromatic rings. The van der Waals surface area contributed by atoms with Crippen molar-refractivity contribution in [3.05, 3.63) is 35.1 Å². The van der Waals surface area contributed by atoms with E-state index in [0.717, 1.165) is 18.4 Å². The fraction of sp³-hybridized carbons (Fsp3) is 0.562. The van der Waals surface area contributed by atoms with E-state index in [1.807, 2.05) is 0 Å². The summed E-state index contributed by atoms with van der Waals surface area (Å²) in [6, 6.07) is 7.27. The van der Waals surface area contributed by atoms with Crippen LogP contribution in [0.1, 0.15) is 43.2 Å². The third kappa shape index (κ3) is 2.44. The summed E-state index contributed by atoms with van der Waals surface area (Å²) in [4.78, 5) is 0. The Morgan fingerprint density at radius 2 is 2.05 bits per heavy atom. The van der Waals surface area contributed by atoms with Crippen LogP contribution >= 0.6 is 0 Å². The molecule has 0 amide bonds. The predicted molar refractivity (Wildman–Crippen MR) is 73.4 cm³/mol. The molecule has 2 atom stereocenters. The summed E-state index contributed by atoms with van der Waals surface area (Å²) in [5.41, 5.74) is 0.0287. The number of fused-ring (bicyclic) bond motifs is 2. The van der Waals surface area contributed by atoms with Crippen LogP contribution in [0.5, 0.6) is 0 Å². The standard InChI is InChI=1S/C16H19FN2O/c17-15-5-4-11(6-7-18)8-14(15)16(20)9-12-2-1-3-13(10-16)19-12/h4-5,8,12-13,19-20H,1-3,6,9-10H2. The second-order valence-electron chi connectivity index (χ2n) is 6.08. The lowest BCUT2D eigenvalue weighted by molar-refractivity contribution is -0.0384. The van der Waals surface area contributed by atoms with Gasteiger partial charge in [0.15, 0.2) is 0 Å². The molecule has 2 unspecified atom stereocenters. The number of aliphatic hydroxyl groups is 1. The average molecular weight is 274 g/mol. The van der Waals surface area contributed by atoms with E-state index in [0.29, 0.717) is 18.4 Å². The number of hydrogen-bond acceptors (Lipinski definition) is 3. The molecule has 106 valence electrons. The number of nitrogens with zero attached hydrogens (tertiary/aromatic N) is 1. The van der Waals surface area contributed by atoms with E-state index >= 15 is 0 Å². The number of nitriles is 1. The molecule has 2 aliphatic rings. The molecule has 4 heteroatoms. The topological polar surface area (TPSA) is 56.0 Å². The SMILES string of the molecule is N#CCc1ccc(F)c(C2(O)CC3CCCC(C2)N3)c1. The Kier molecular flexibility index (Phi) is 3.49. The first kappa shape index (κ1) is 13.5. The molecule has 2 saturated heterocycles. The van der Waals surface area contributed by atoms with Gasteiger partial charge in [0.1, 0.15) is 5.82 Å². The van der Waals surface area contributed by atoms with Gasteiger partial charge < -0.3 is 10.4 Å². The maximum atomic E-state index is 14.2. The van der Waals surface area contributed by atoms with Gasteiger partial charge in [-0.2, -0.15) is 5.26 Å². The number of hydrogen-bond donors (Lipinski definition) is 2. The van der Waals surface area contributed by atoms with Gasteiger partial charge in [0, 0.05) is 17.6 Å². The summed E-state index contributed by atoms with van der Waals surface area (Å²) in [6.45, 7) is 0. The zero-order valence-electron chi connectivity index (χ0n) is 11.4. The van der Waals surface area contributed by atoms with E-state index in [2.05, 4.69) is 11.4 Å². The molecule has 2 fully saturated rings. The van der Waals surface area contributed by atoms with Gasteiger partial charge in [0.2, 0.25) is 0 Å². The zero-order valence-corrected chi connectivity index (χ0v) is 11.4. The Balaban J connectivity index is 1.94. The van der Waals surface area contributed by atoms with Crippen LogP contribution in [-0.4, -0.2) is 17.2 Å². The van der Waals surface area contributed by atoms with Crippen molar-refractivity contribution in [3.8, 4) is 6.07 Å². The largest absolute Gasteiger partial charge is 0.385 e. The van der Waals surface area contributed by atoms with E-state index in [9.17, 15) is 9.50 Å². The Bertz CT molecular complexity index is 540. The highest BCUT2D eigenvalue weighted by atomic mass is 19.1. The first-order chi connectivity index (χ1) is 9.60. The molecular weight excluding hydrogens is 255 g/mol. The van der Waals surface area contributed by atoms with Crippen molar-refractivity contribution in [2.75, 3.05) is 0 Å². The highest BCUT2D eigenvalue weighted by Crippen LogP contribution is 2.40. The number of nitrogens with one attached hydrogen (secondary N) is 1. The van der Waals surface area contributed by atoms with Gasteiger partial charge >= 0.3 is 0 Å². The van der Waals surface area contributed by atoms with Gasteiger partial charge in [-0.25, -0.2) is 4.39 Å². The minimum Gasteiger partial charge on any atom is -0.385 e. The Morgan fingerprint density at radius 1 is 1.35 bits per heavy atom. The summed E-state index contributed by atoms with van der Waals surface area (Å²) in [5, 5.41) is 23.2. The van der Waals surface area contributed by atoms with Gasteiger partial charge in [0.25, 0.3) is 0 Å². The highest BCUT2D eigenvalue weighted by molar-refractivity contribution is 5.32. The van der Waals surface area contributed by atoms with Crippen LogP contribution < -0.4 is 5.32 Å². The maximum absolute atomic E-state index is 14.2. The normalized spacial score (nSPS) is 32.6. The van der Waals surface area contributed by atoms with Crippen molar-refractivity contribution in [3.63, 3.8) is 0 Å². The molecule has 1 aromatic carbocycles. The molecule has 0 aromatic heterocycles. The quantitative estimate of drug-likeness (QED) is 0.870. The van der Waals surface area contributed by atoms with E-state index in [1.54, 1.807) is 12.1 Å². The molecule has 2 heterocycles. The molecule has 20 heavy (non-hydrogen) atoms. The fourth-order valence-corrected chi connectivity index (χ4v) is 3.68. The molecule has 2 bridgehead atoms. The van der Waals surface area contributed by atoms with E-state index < -0.39 is 5.60 Å². The fourth-order valence-electron chi connectivity index (χ4n) is 3.68. The second kappa shape index (κ2) is 5.16. The monoisotopic (exact) mass is 274 g/mol. The molecule has 3 nitrogen and oxygen atoms in total. The van der Waals surface area contributed by atoms with Gasteiger partial charge in [-0.05, 0) is 43.4 Å². The summed E-state index contributed by atoms with van der Waals surface area (Å²) in [6.07, 6.45) is 4.60. The minimum absolute atomic E-state index is 0.245. The summed E-state index contributed by atoms with van der Waals surface area (Å²) in [7, 11) is 0. The van der Waals surface area contributed by atoms with E-state index in [-0.39, 0.29) is 24.3 Å². The predicted octanol–water partition coefficient (Wildman–Crippen LogP) is 2.38. The third-order valence-corrected chi connectivity index (χ3v) is 4.56. The first-order valence-corrected chi connectivity index (χ1v) is 7.25. The summed E-state index contributed by atoms with van der Waals surface area (Å²) >= 11 is 0. The van der Waals surface area contributed by atoms with Crippen LogP contribution in [0.3, 0.4) is 0 Å². The first-order valence-electron chi connectivity index (χ1n) is 7.25. The molecular formula is C16H19FN2O. The van der Waals surface area contributed by atoms with Crippen molar-refractivity contribution in [1.29, 1.82) is 5.26 Å². The number of benzene rings is 1. The van der Waals surface area contributed by atoms with Gasteiger partial charge in [-0.3, -0.25) is 0 Å². The smallest absolute Gasteiger partial charge is 0.129 e. The van der Waals surface area contributed by atoms with Gasteiger partial charge in [-0.15, -0.1) is 0 Å². The van der Waals surface area contributed by atoms with Crippen molar-refractivity contribution < 1.29 is 9.50 Å². The highest BCUT2D eigenvalue weighted by Gasteiger charge is 2.43. The summed E-state index contributed by atoms with van der Waals surface area (Å²) in [5.74, 6) is -0.367. The Hall–Kier alpha value is -1.44. The summed E-state index contributed by atoms with van der Waals surface area (Å²) < 4.78 is 14.2. The molecule has 0 spiro atoms. The molecule has 2 N–H and O–H groups in total. The van der Waals surface area contributed by atoms with Gasteiger partial charge in [0.05, 0.1) is 18.1 Å². The number of halogens is 1. The second-order valence-corrected chi connectivity index (χ2v) is 6.08. The maximum Gasteiger partial charge on any atom is 0.129 e. The minimum atomic E-state index is -1.10. The molecule has 3 rings (SSSR count). The van der Waals surface area contributed by atoms with Crippen molar-refractivity contribution >= 4 is 0 Å². The lowest BCUT2D eigenvalue weighted by Gasteiger charge is -2.45. The number of piperidine rings is 2. The van der Waals surface area contributed by atoms with E-state index in [1.165, 1.54) is 12.5 Å². The van der Waals surface area contributed by atoms with Crippen LogP contribution in [0.15, 0.2) is 18.2 Å². The van der Waals surface area contributed by atoms with Crippen molar-refractivity contribution in [2.45, 2.75) is 56.2 Å². The van der Waals surface area contributed by atoms with Crippen LogP contribution in [0, 0.1) is 17.1 Å². The van der Waals surface area contributed by atoms with E-state index in [4.69, 9.17) is 5.26 Å². The molecule has 0 saturated carbocycles. The lowest BCUT2D eigenvalue weighted by Crippen LogP contribution is -2.54. The van der Waals surface area contributed by atoms with Crippen molar-refractivity contribution in [1.82, 2.24) is 5.32 Å². The van der Waals surface area contributed by atoms with Crippen LogP contribution in [0.2, 0.25) is 0 Å². The zero-order chi connectivity index (χ0) is 14.2. The average Bonchev–Trinajstić information content (AvgIpc) is 2.40. The molecule has 2 aliphatic heterocycles. The Labute approximate surface area is 118 Å². The molecule has 0 radical (unpaired) electrons. The van der Waals surface area contributed by atoms with Crippen LogP contribution in [-0.2, 0) is 12.0 Å².